The maximum Gasteiger partial charge on any atom is 0.234 e. The molecule has 0 spiro atoms. The average molecular weight is 302 g/mol. The third-order valence-electron chi connectivity index (χ3n) is 4.89. The molecule has 2 aliphatic carbocycles. The molecule has 0 aromatic carbocycles. The highest BCUT2D eigenvalue weighted by atomic mass is 16.2. The van der Waals surface area contributed by atoms with Gasteiger partial charge >= 0.3 is 0 Å². The molecule has 1 saturated carbocycles. The summed E-state index contributed by atoms with van der Waals surface area (Å²) in [6, 6.07) is 0.497. The molecular formula is C19H30N2O. The van der Waals surface area contributed by atoms with Crippen molar-refractivity contribution in [2.75, 3.05) is 19.6 Å². The number of amides is 1. The predicted molar refractivity (Wildman–Crippen MR) is 91.5 cm³/mol. The van der Waals surface area contributed by atoms with Crippen LogP contribution in [0.15, 0.2) is 11.6 Å². The van der Waals surface area contributed by atoms with Crippen molar-refractivity contribution in [2.45, 2.75) is 70.3 Å². The molecule has 0 saturated heterocycles. The lowest BCUT2D eigenvalue weighted by atomic mass is 9.94. The Morgan fingerprint density at radius 3 is 2.77 bits per heavy atom. The van der Waals surface area contributed by atoms with Crippen LogP contribution in [0.3, 0.4) is 0 Å². The number of hydrogen-bond acceptors (Lipinski definition) is 2. The number of rotatable bonds is 7. The molecule has 0 unspecified atom stereocenters. The number of nitrogens with one attached hydrogen (secondary N) is 1. The summed E-state index contributed by atoms with van der Waals surface area (Å²) in [5, 5.41) is 3.07. The van der Waals surface area contributed by atoms with Crippen molar-refractivity contribution < 1.29 is 4.79 Å². The van der Waals surface area contributed by atoms with E-state index in [1.54, 1.807) is 0 Å². The Morgan fingerprint density at radius 1 is 1.27 bits per heavy atom. The maximum atomic E-state index is 12.2. The van der Waals surface area contributed by atoms with Crippen molar-refractivity contribution in [3.05, 3.63) is 11.6 Å². The van der Waals surface area contributed by atoms with Crippen LogP contribution in [-0.2, 0) is 4.79 Å². The summed E-state index contributed by atoms with van der Waals surface area (Å²) in [4.78, 5) is 14.4. The molecule has 0 heterocycles. The molecule has 0 aliphatic heterocycles. The Hall–Kier alpha value is -1.27. The standard InChI is InChI=1S/C19H30N2O/c1-2-15-21(18-11-7-4-8-12-18)16-19(22)20-14-13-17-9-5-3-6-10-17/h1,9,18H,3-8,10-16H2,(H,20,22). The van der Waals surface area contributed by atoms with E-state index in [0.717, 1.165) is 13.0 Å². The first-order chi connectivity index (χ1) is 10.8. The van der Waals surface area contributed by atoms with Crippen molar-refractivity contribution in [3.63, 3.8) is 0 Å². The number of carbonyl (C=O) groups excluding carboxylic acids is 1. The van der Waals surface area contributed by atoms with Crippen LogP contribution >= 0.6 is 0 Å². The molecule has 0 radical (unpaired) electrons. The Bertz CT molecular complexity index is 416. The van der Waals surface area contributed by atoms with Gasteiger partial charge in [-0.15, -0.1) is 6.42 Å². The van der Waals surface area contributed by atoms with Crippen LogP contribution in [0.5, 0.6) is 0 Å². The first-order valence-electron chi connectivity index (χ1n) is 8.91. The normalized spacial score (nSPS) is 19.5. The van der Waals surface area contributed by atoms with Crippen molar-refractivity contribution in [2.24, 2.45) is 0 Å². The SMILES string of the molecule is C#CCN(CC(=O)NCCC1=CCCCC1)C1CCCCC1. The number of nitrogens with zero attached hydrogens (tertiary/aromatic N) is 1. The van der Waals surface area contributed by atoms with Gasteiger partial charge in [-0.3, -0.25) is 9.69 Å². The van der Waals surface area contributed by atoms with Crippen LogP contribution in [0.1, 0.15) is 64.2 Å². The molecule has 2 aliphatic rings. The van der Waals surface area contributed by atoms with Gasteiger partial charge < -0.3 is 5.32 Å². The molecule has 0 aromatic heterocycles. The molecule has 1 fully saturated rings. The van der Waals surface area contributed by atoms with Crippen LogP contribution in [0.25, 0.3) is 0 Å². The monoisotopic (exact) mass is 302 g/mol. The summed E-state index contributed by atoms with van der Waals surface area (Å²) in [5.41, 5.74) is 1.51. The fraction of sp³-hybridized carbons (Fsp3) is 0.737. The first-order valence-corrected chi connectivity index (χ1v) is 8.91. The van der Waals surface area contributed by atoms with Gasteiger partial charge in [-0.1, -0.05) is 36.8 Å². The minimum atomic E-state index is 0.122. The van der Waals surface area contributed by atoms with Gasteiger partial charge in [-0.05, 0) is 44.9 Å². The Morgan fingerprint density at radius 2 is 2.09 bits per heavy atom. The third-order valence-corrected chi connectivity index (χ3v) is 4.89. The Labute approximate surface area is 135 Å². The third kappa shape index (κ3) is 5.85. The van der Waals surface area contributed by atoms with E-state index < -0.39 is 0 Å². The van der Waals surface area contributed by atoms with Crippen LogP contribution in [0.4, 0.5) is 0 Å². The second-order valence-electron chi connectivity index (χ2n) is 6.61. The molecule has 3 heteroatoms. The first kappa shape index (κ1) is 17.1. The van der Waals surface area contributed by atoms with E-state index in [0.29, 0.717) is 19.1 Å². The van der Waals surface area contributed by atoms with Gasteiger partial charge in [-0.25, -0.2) is 0 Å². The van der Waals surface area contributed by atoms with Gasteiger partial charge in [0.1, 0.15) is 0 Å². The molecule has 2 rings (SSSR count). The summed E-state index contributed by atoms with van der Waals surface area (Å²) in [6.07, 6.45) is 20.1. The molecule has 3 nitrogen and oxygen atoms in total. The minimum Gasteiger partial charge on any atom is -0.355 e. The van der Waals surface area contributed by atoms with Crippen LogP contribution in [0.2, 0.25) is 0 Å². The largest absolute Gasteiger partial charge is 0.355 e. The molecular weight excluding hydrogens is 272 g/mol. The maximum absolute atomic E-state index is 12.2. The van der Waals surface area contributed by atoms with Crippen LogP contribution < -0.4 is 5.32 Å². The van der Waals surface area contributed by atoms with Gasteiger partial charge in [0, 0.05) is 12.6 Å². The fourth-order valence-electron chi connectivity index (χ4n) is 3.61. The number of terminal acetylenes is 1. The van der Waals surface area contributed by atoms with E-state index in [-0.39, 0.29) is 5.91 Å². The molecule has 1 N–H and O–H groups in total. The molecule has 0 aromatic rings. The number of allylic oxidation sites excluding steroid dienone is 1. The van der Waals surface area contributed by atoms with E-state index in [2.05, 4.69) is 22.2 Å². The highest BCUT2D eigenvalue weighted by molar-refractivity contribution is 5.78. The Balaban J connectivity index is 1.70. The van der Waals surface area contributed by atoms with E-state index in [4.69, 9.17) is 6.42 Å². The lowest BCUT2D eigenvalue weighted by molar-refractivity contribution is -0.122. The van der Waals surface area contributed by atoms with E-state index in [1.807, 2.05) is 0 Å². The topological polar surface area (TPSA) is 32.3 Å². The molecule has 1 amide bonds. The minimum absolute atomic E-state index is 0.122. The Kier molecular flexibility index (Phi) is 7.53. The highest BCUT2D eigenvalue weighted by Crippen LogP contribution is 2.22. The van der Waals surface area contributed by atoms with Gasteiger partial charge in [0.25, 0.3) is 0 Å². The average Bonchev–Trinajstić information content (AvgIpc) is 2.56. The fourth-order valence-corrected chi connectivity index (χ4v) is 3.61. The van der Waals surface area contributed by atoms with E-state index in [9.17, 15) is 4.79 Å². The molecule has 22 heavy (non-hydrogen) atoms. The van der Waals surface area contributed by atoms with Crippen molar-refractivity contribution in [3.8, 4) is 12.3 Å². The highest BCUT2D eigenvalue weighted by Gasteiger charge is 2.22. The second kappa shape index (κ2) is 9.69. The van der Waals surface area contributed by atoms with E-state index >= 15 is 0 Å². The molecule has 0 atom stereocenters. The van der Waals surface area contributed by atoms with Crippen molar-refractivity contribution in [1.29, 1.82) is 0 Å². The lowest BCUT2D eigenvalue weighted by Gasteiger charge is -2.32. The number of carbonyl (C=O) groups is 1. The quantitative estimate of drug-likeness (QED) is 0.578. The zero-order chi connectivity index (χ0) is 15.6. The summed E-state index contributed by atoms with van der Waals surface area (Å²) >= 11 is 0. The van der Waals surface area contributed by atoms with Crippen LogP contribution in [-0.4, -0.2) is 36.5 Å². The molecule has 122 valence electrons. The van der Waals surface area contributed by atoms with Crippen LogP contribution in [0, 0.1) is 12.3 Å². The number of hydrogen-bond donors (Lipinski definition) is 1. The van der Waals surface area contributed by atoms with Crippen molar-refractivity contribution in [1.82, 2.24) is 10.2 Å². The van der Waals surface area contributed by atoms with Gasteiger partial charge in [0.15, 0.2) is 0 Å². The summed E-state index contributed by atoms with van der Waals surface area (Å²) < 4.78 is 0. The zero-order valence-electron chi connectivity index (χ0n) is 13.8. The zero-order valence-corrected chi connectivity index (χ0v) is 13.8. The second-order valence-corrected chi connectivity index (χ2v) is 6.61. The molecule has 0 bridgehead atoms. The van der Waals surface area contributed by atoms with Gasteiger partial charge in [0.2, 0.25) is 5.91 Å². The summed E-state index contributed by atoms with van der Waals surface area (Å²) in [7, 11) is 0. The van der Waals surface area contributed by atoms with Crippen molar-refractivity contribution >= 4 is 5.91 Å². The lowest BCUT2D eigenvalue weighted by Crippen LogP contribution is -2.44. The summed E-state index contributed by atoms with van der Waals surface area (Å²) in [6.45, 7) is 1.80. The summed E-state index contributed by atoms with van der Waals surface area (Å²) in [5.74, 6) is 2.84. The smallest absolute Gasteiger partial charge is 0.234 e. The van der Waals surface area contributed by atoms with E-state index in [1.165, 1.54) is 63.4 Å². The van der Waals surface area contributed by atoms with Gasteiger partial charge in [-0.2, -0.15) is 0 Å². The predicted octanol–water partition coefficient (Wildman–Crippen LogP) is 3.26. The van der Waals surface area contributed by atoms with Gasteiger partial charge in [0.05, 0.1) is 13.1 Å².